The fourth-order valence-electron chi connectivity index (χ4n) is 2.70. The van der Waals surface area contributed by atoms with E-state index in [1.807, 2.05) is 6.20 Å². The summed E-state index contributed by atoms with van der Waals surface area (Å²) in [6, 6.07) is 9.75. The number of sulfone groups is 1. The van der Waals surface area contributed by atoms with Crippen LogP contribution in [0.4, 0.5) is 14.5 Å². The first-order valence-corrected chi connectivity index (χ1v) is 10.3. The molecule has 11 heteroatoms. The Hall–Kier alpha value is -3.34. The number of anilines is 1. The molecule has 0 aliphatic heterocycles. The summed E-state index contributed by atoms with van der Waals surface area (Å²) in [5.41, 5.74) is 2.55. The highest BCUT2D eigenvalue weighted by molar-refractivity contribution is 7.90. The molecule has 0 saturated heterocycles. The molecule has 0 atom stereocenters. The Balaban J connectivity index is 1.50. The van der Waals surface area contributed by atoms with Crippen LogP contribution >= 0.6 is 0 Å². The smallest absolute Gasteiger partial charge is 0.314 e. The van der Waals surface area contributed by atoms with E-state index in [1.54, 1.807) is 34.9 Å². The first kappa shape index (κ1) is 19.0. The minimum absolute atomic E-state index is 0.00330. The lowest BCUT2D eigenvalue weighted by molar-refractivity contribution is 0.116. The van der Waals surface area contributed by atoms with Crippen LogP contribution in [0, 0.1) is 0 Å². The molecule has 29 heavy (non-hydrogen) atoms. The van der Waals surface area contributed by atoms with E-state index in [2.05, 4.69) is 20.5 Å². The lowest BCUT2D eigenvalue weighted by Crippen LogP contribution is -2.01. The number of nitrogens with one attached hydrogen (secondary N) is 1. The maximum atomic E-state index is 12.6. The molecule has 4 rings (SSSR count). The Labute approximate surface area is 164 Å². The SMILES string of the molecule is CS(=O)(=O)c1ccc(NCc2cn3ccc(-c4nnc(C(F)F)o4)cc3n2)cc1. The number of nitrogens with zero attached hydrogens (tertiary/aromatic N) is 4. The molecule has 4 aromatic rings. The zero-order chi connectivity index (χ0) is 20.6. The van der Waals surface area contributed by atoms with Gasteiger partial charge in [-0.25, -0.2) is 13.4 Å². The van der Waals surface area contributed by atoms with Crippen LogP contribution in [0.15, 0.2) is 58.1 Å². The van der Waals surface area contributed by atoms with Gasteiger partial charge in [0.25, 0.3) is 5.89 Å². The van der Waals surface area contributed by atoms with Crippen molar-refractivity contribution in [1.82, 2.24) is 19.6 Å². The molecule has 1 N–H and O–H groups in total. The number of imidazole rings is 1. The lowest BCUT2D eigenvalue weighted by Gasteiger charge is -2.05. The Morgan fingerprint density at radius 3 is 2.59 bits per heavy atom. The van der Waals surface area contributed by atoms with E-state index in [1.165, 1.54) is 12.1 Å². The second-order valence-corrected chi connectivity index (χ2v) is 8.33. The van der Waals surface area contributed by atoms with Gasteiger partial charge in [0.1, 0.15) is 5.65 Å². The van der Waals surface area contributed by atoms with Gasteiger partial charge in [-0.3, -0.25) is 0 Å². The minimum Gasteiger partial charge on any atom is -0.415 e. The normalized spacial score (nSPS) is 12.0. The maximum absolute atomic E-state index is 12.6. The fourth-order valence-corrected chi connectivity index (χ4v) is 3.34. The summed E-state index contributed by atoms with van der Waals surface area (Å²) >= 11 is 0. The Morgan fingerprint density at radius 2 is 1.93 bits per heavy atom. The highest BCUT2D eigenvalue weighted by Crippen LogP contribution is 2.24. The molecule has 8 nitrogen and oxygen atoms in total. The van der Waals surface area contributed by atoms with Crippen LogP contribution in [0.3, 0.4) is 0 Å². The van der Waals surface area contributed by atoms with E-state index in [0.29, 0.717) is 17.8 Å². The molecule has 0 amide bonds. The number of benzene rings is 1. The third-order valence-electron chi connectivity index (χ3n) is 4.14. The predicted octanol–water partition coefficient (Wildman–Crippen LogP) is 3.34. The summed E-state index contributed by atoms with van der Waals surface area (Å²) in [4.78, 5) is 4.73. The van der Waals surface area contributed by atoms with Gasteiger partial charge in [0.15, 0.2) is 9.84 Å². The zero-order valence-corrected chi connectivity index (χ0v) is 15.9. The number of halogens is 2. The van der Waals surface area contributed by atoms with Gasteiger partial charge in [0, 0.05) is 29.9 Å². The zero-order valence-electron chi connectivity index (χ0n) is 15.1. The van der Waals surface area contributed by atoms with Crippen LogP contribution in [-0.4, -0.2) is 34.3 Å². The molecular weight excluding hydrogens is 404 g/mol. The number of rotatable bonds is 6. The largest absolute Gasteiger partial charge is 0.415 e. The van der Waals surface area contributed by atoms with E-state index in [-0.39, 0.29) is 10.8 Å². The molecule has 3 aromatic heterocycles. The molecule has 0 radical (unpaired) electrons. The van der Waals surface area contributed by atoms with E-state index < -0.39 is 22.2 Å². The number of hydrogen-bond acceptors (Lipinski definition) is 7. The van der Waals surface area contributed by atoms with Crippen molar-refractivity contribution in [1.29, 1.82) is 0 Å². The van der Waals surface area contributed by atoms with Gasteiger partial charge in [-0.1, -0.05) is 0 Å². The predicted molar refractivity (Wildman–Crippen MR) is 100 cm³/mol. The topological polar surface area (TPSA) is 102 Å². The standard InChI is InChI=1S/C18H15F2N5O3S/c1-29(26,27)14-4-2-12(3-5-14)21-9-13-10-25-7-6-11(8-15(25)22-13)17-23-24-18(28-17)16(19)20/h2-8,10,16,21H,9H2,1H3. The third kappa shape index (κ3) is 4.09. The summed E-state index contributed by atoms with van der Waals surface area (Å²) in [5.74, 6) is -0.730. The van der Waals surface area contributed by atoms with Crippen LogP contribution in [0.2, 0.25) is 0 Å². The Morgan fingerprint density at radius 1 is 1.17 bits per heavy atom. The van der Waals surface area contributed by atoms with Gasteiger partial charge >= 0.3 is 6.43 Å². The monoisotopic (exact) mass is 419 g/mol. The van der Waals surface area contributed by atoms with Gasteiger partial charge < -0.3 is 14.1 Å². The molecule has 0 saturated carbocycles. The molecule has 0 unspecified atom stereocenters. The van der Waals surface area contributed by atoms with Crippen molar-refractivity contribution in [2.24, 2.45) is 0 Å². The maximum Gasteiger partial charge on any atom is 0.314 e. The number of fused-ring (bicyclic) bond motifs is 1. The summed E-state index contributed by atoms with van der Waals surface area (Å²) in [6.45, 7) is 0.408. The average molecular weight is 419 g/mol. The summed E-state index contributed by atoms with van der Waals surface area (Å²) in [6.07, 6.45) is 1.86. The molecule has 1 aromatic carbocycles. The quantitative estimate of drug-likeness (QED) is 0.511. The van der Waals surface area contributed by atoms with Crippen LogP contribution in [0.25, 0.3) is 17.1 Å². The highest BCUT2D eigenvalue weighted by atomic mass is 32.2. The molecule has 0 aliphatic rings. The minimum atomic E-state index is -3.24. The molecule has 0 fully saturated rings. The van der Waals surface area contributed by atoms with Gasteiger partial charge in [-0.2, -0.15) is 8.78 Å². The van der Waals surface area contributed by atoms with Gasteiger partial charge in [0.2, 0.25) is 5.89 Å². The van der Waals surface area contributed by atoms with Crippen LogP contribution in [-0.2, 0) is 16.4 Å². The van der Waals surface area contributed by atoms with Crippen molar-refractivity contribution in [3.05, 3.63) is 60.4 Å². The summed E-state index contributed by atoms with van der Waals surface area (Å²) < 4.78 is 55.0. The second kappa shape index (κ2) is 7.24. The molecule has 3 heterocycles. The van der Waals surface area contributed by atoms with E-state index in [4.69, 9.17) is 4.42 Å². The number of alkyl halides is 2. The van der Waals surface area contributed by atoms with Crippen molar-refractivity contribution in [3.63, 3.8) is 0 Å². The molecule has 0 bridgehead atoms. The van der Waals surface area contributed by atoms with E-state index in [9.17, 15) is 17.2 Å². The third-order valence-corrected chi connectivity index (χ3v) is 5.27. The van der Waals surface area contributed by atoms with Gasteiger partial charge in [0.05, 0.1) is 17.1 Å². The van der Waals surface area contributed by atoms with Crippen molar-refractivity contribution in [3.8, 4) is 11.5 Å². The van der Waals surface area contributed by atoms with E-state index >= 15 is 0 Å². The molecular formula is C18H15F2N5O3S. The Bertz CT molecular complexity index is 1270. The van der Waals surface area contributed by atoms with Gasteiger partial charge in [-0.05, 0) is 36.4 Å². The average Bonchev–Trinajstić information content (AvgIpc) is 3.32. The summed E-state index contributed by atoms with van der Waals surface area (Å²) in [7, 11) is -3.24. The van der Waals surface area contributed by atoms with Crippen molar-refractivity contribution < 1.29 is 21.6 Å². The Kier molecular flexibility index (Phi) is 4.74. The first-order chi connectivity index (χ1) is 13.8. The van der Waals surface area contributed by atoms with E-state index in [0.717, 1.165) is 17.6 Å². The number of aromatic nitrogens is 4. The van der Waals surface area contributed by atoms with Crippen LogP contribution < -0.4 is 5.32 Å². The first-order valence-electron chi connectivity index (χ1n) is 8.43. The lowest BCUT2D eigenvalue weighted by atomic mass is 10.2. The summed E-state index contributed by atoms with van der Waals surface area (Å²) in [5, 5.41) is 10.1. The molecule has 0 aliphatic carbocycles. The van der Waals surface area contributed by atoms with Crippen molar-refractivity contribution >= 4 is 21.2 Å². The van der Waals surface area contributed by atoms with Crippen LogP contribution in [0.1, 0.15) is 18.0 Å². The number of hydrogen-bond donors (Lipinski definition) is 1. The number of pyridine rings is 1. The van der Waals surface area contributed by atoms with Crippen LogP contribution in [0.5, 0.6) is 0 Å². The van der Waals surface area contributed by atoms with Gasteiger partial charge in [-0.15, -0.1) is 10.2 Å². The van der Waals surface area contributed by atoms with Crippen molar-refractivity contribution in [2.45, 2.75) is 17.9 Å². The molecule has 0 spiro atoms. The second-order valence-electron chi connectivity index (χ2n) is 6.31. The molecule has 150 valence electrons. The fraction of sp³-hybridized carbons (Fsp3) is 0.167. The highest BCUT2D eigenvalue weighted by Gasteiger charge is 2.17. The van der Waals surface area contributed by atoms with Crippen molar-refractivity contribution in [2.75, 3.05) is 11.6 Å².